The zero-order valence-electron chi connectivity index (χ0n) is 25.7. The number of nitrogens with one attached hydrogen (secondary N) is 3. The molecule has 1 aromatic heterocycles. The first-order valence-corrected chi connectivity index (χ1v) is 14.4. The Morgan fingerprint density at radius 2 is 1.39 bits per heavy atom. The molecule has 5 N–H and O–H groups in total. The van der Waals surface area contributed by atoms with Gasteiger partial charge >= 0.3 is 11.9 Å². The van der Waals surface area contributed by atoms with Crippen LogP contribution in [0.5, 0.6) is 0 Å². The quantitative estimate of drug-likeness (QED) is 0.229. The highest BCUT2D eigenvalue weighted by Crippen LogP contribution is 2.39. The molecule has 0 saturated heterocycles. The number of hydrogen-bond acceptors (Lipinski definition) is 5. The lowest BCUT2D eigenvalue weighted by molar-refractivity contribution is -0.138. The van der Waals surface area contributed by atoms with E-state index in [9.17, 15) is 29.4 Å². The van der Waals surface area contributed by atoms with Crippen molar-refractivity contribution in [2.75, 3.05) is 0 Å². The largest absolute Gasteiger partial charge is 0.481 e. The van der Waals surface area contributed by atoms with Crippen LogP contribution in [-0.2, 0) is 25.6 Å². The van der Waals surface area contributed by atoms with Crippen molar-refractivity contribution in [3.05, 3.63) is 98.7 Å². The van der Waals surface area contributed by atoms with Crippen molar-refractivity contribution in [1.29, 1.82) is 0 Å². The van der Waals surface area contributed by atoms with E-state index in [1.54, 1.807) is 32.1 Å². The Morgan fingerprint density at radius 3 is 1.91 bits per heavy atom. The van der Waals surface area contributed by atoms with Crippen LogP contribution < -0.4 is 10.6 Å². The molecule has 0 spiro atoms. The normalized spacial score (nSPS) is 20.9. The molecule has 2 atom stereocenters. The van der Waals surface area contributed by atoms with E-state index >= 15 is 0 Å². The zero-order valence-corrected chi connectivity index (χ0v) is 25.7. The van der Waals surface area contributed by atoms with E-state index in [0.717, 1.165) is 33.7 Å². The highest BCUT2D eigenvalue weighted by Gasteiger charge is 2.34. The Kier molecular flexibility index (Phi) is 9.22. The van der Waals surface area contributed by atoms with Crippen LogP contribution in [0, 0.1) is 6.92 Å². The van der Waals surface area contributed by atoms with Gasteiger partial charge in [-0.15, -0.1) is 0 Å². The summed E-state index contributed by atoms with van der Waals surface area (Å²) in [6.07, 6.45) is 7.26. The summed E-state index contributed by atoms with van der Waals surface area (Å²) in [5.41, 5.74) is 9.21. The van der Waals surface area contributed by atoms with Crippen LogP contribution in [0.25, 0.3) is 6.08 Å². The fraction of sp³-hybridized carbons (Fsp3) is 0.324. The maximum atomic E-state index is 12.3. The predicted octanol–water partition coefficient (Wildman–Crippen LogP) is 4.94. The fourth-order valence-electron chi connectivity index (χ4n) is 6.02. The molecule has 230 valence electrons. The highest BCUT2D eigenvalue weighted by atomic mass is 16.4. The summed E-state index contributed by atoms with van der Waals surface area (Å²) in [7, 11) is 0. The second-order valence-electron chi connectivity index (χ2n) is 11.3. The van der Waals surface area contributed by atoms with Crippen molar-refractivity contribution in [3.63, 3.8) is 0 Å². The van der Waals surface area contributed by atoms with Gasteiger partial charge in [0.25, 0.3) is 11.8 Å². The standard InChI is InChI=1S/C34H38N4O6/c1-8-21-18(5)33(43)37-27(21)14-25-16(3)23(10-12-29(39)40)31(35-25)20(7)32-24(11-13-30(41)42)17(4)26(36-32)15-28-22(9-2)19(6)34(44)38-28/h8-9,14-15,20,31,36H,1-2,10-13H2,3-7H3,(H,37,43)(H,38,44)(H,39,40)(H,41,42)/b27-14-,28-15-. The second-order valence-corrected chi connectivity index (χ2v) is 11.3. The minimum absolute atomic E-state index is 0.0778. The molecule has 0 fully saturated rings. The molecule has 10 nitrogen and oxygen atoms in total. The molecule has 1 aromatic rings. The lowest BCUT2D eigenvalue weighted by Crippen LogP contribution is -2.18. The van der Waals surface area contributed by atoms with Crippen LogP contribution >= 0.6 is 0 Å². The molecule has 2 amide bonds. The van der Waals surface area contributed by atoms with Gasteiger partial charge in [-0.25, -0.2) is 0 Å². The fourth-order valence-corrected chi connectivity index (χ4v) is 6.02. The molecule has 3 aliphatic heterocycles. The molecular weight excluding hydrogens is 560 g/mol. The number of aliphatic carboxylic acids is 2. The van der Waals surface area contributed by atoms with Gasteiger partial charge in [-0.05, 0) is 75.0 Å². The lowest BCUT2D eigenvalue weighted by atomic mass is 9.86. The van der Waals surface area contributed by atoms with Crippen LogP contribution in [0.4, 0.5) is 0 Å². The van der Waals surface area contributed by atoms with Gasteiger partial charge in [-0.3, -0.25) is 24.2 Å². The van der Waals surface area contributed by atoms with Crippen LogP contribution in [-0.4, -0.2) is 50.7 Å². The summed E-state index contributed by atoms with van der Waals surface area (Å²) in [5.74, 6) is -2.56. The van der Waals surface area contributed by atoms with Crippen LogP contribution in [0.2, 0.25) is 0 Å². The number of aromatic amines is 1. The van der Waals surface area contributed by atoms with Gasteiger partial charge < -0.3 is 25.8 Å². The molecule has 10 heteroatoms. The minimum Gasteiger partial charge on any atom is -0.481 e. The number of aliphatic imine (C=N–C) groups is 1. The molecule has 0 aliphatic carbocycles. The molecule has 44 heavy (non-hydrogen) atoms. The van der Waals surface area contributed by atoms with E-state index in [-0.39, 0.29) is 43.4 Å². The Labute approximate surface area is 256 Å². The summed E-state index contributed by atoms with van der Waals surface area (Å²) in [5, 5.41) is 24.7. The molecular formula is C34H38N4O6. The smallest absolute Gasteiger partial charge is 0.303 e. The molecule has 0 bridgehead atoms. The van der Waals surface area contributed by atoms with Crippen molar-refractivity contribution in [2.24, 2.45) is 4.99 Å². The SMILES string of the molecule is C=CC1=C(C)C(=O)N/C1=C\C1=NC(C(C)c2[nH]c(/C=C3\NC(=O)C(C)=C3C=C)c(C)c2CCC(=O)O)C(CCC(=O)O)=C1C. The number of hydrogen-bond donors (Lipinski definition) is 5. The van der Waals surface area contributed by atoms with Crippen molar-refractivity contribution in [3.8, 4) is 0 Å². The summed E-state index contributed by atoms with van der Waals surface area (Å²) in [6.45, 7) is 16.9. The molecule has 2 unspecified atom stereocenters. The predicted molar refractivity (Wildman–Crippen MR) is 169 cm³/mol. The first kappa shape index (κ1) is 31.9. The van der Waals surface area contributed by atoms with E-state index in [2.05, 4.69) is 28.8 Å². The Balaban J connectivity index is 1.82. The first-order chi connectivity index (χ1) is 20.8. The Hall–Kier alpha value is -4.99. The van der Waals surface area contributed by atoms with Gasteiger partial charge in [0.1, 0.15) is 0 Å². The van der Waals surface area contributed by atoms with Crippen LogP contribution in [0.3, 0.4) is 0 Å². The van der Waals surface area contributed by atoms with Gasteiger partial charge in [-0.1, -0.05) is 32.2 Å². The van der Waals surface area contributed by atoms with Gasteiger partial charge in [-0.2, -0.15) is 0 Å². The topological polar surface area (TPSA) is 161 Å². The number of carbonyl (C=O) groups excluding carboxylic acids is 2. The van der Waals surface area contributed by atoms with E-state index < -0.39 is 18.0 Å². The summed E-state index contributed by atoms with van der Waals surface area (Å²) < 4.78 is 0. The number of H-pyrrole nitrogens is 1. The lowest BCUT2D eigenvalue weighted by Gasteiger charge is -2.22. The van der Waals surface area contributed by atoms with E-state index in [1.807, 2.05) is 26.8 Å². The third-order valence-electron chi connectivity index (χ3n) is 8.62. The Morgan fingerprint density at radius 1 is 0.864 bits per heavy atom. The number of amides is 2. The van der Waals surface area contributed by atoms with Gasteiger partial charge in [0.2, 0.25) is 0 Å². The van der Waals surface area contributed by atoms with Gasteiger partial charge in [0, 0.05) is 52.4 Å². The van der Waals surface area contributed by atoms with Crippen LogP contribution in [0.1, 0.15) is 75.4 Å². The minimum atomic E-state index is -0.926. The van der Waals surface area contributed by atoms with Crippen molar-refractivity contribution >= 4 is 35.5 Å². The number of allylic oxidation sites excluding steroid dienone is 4. The molecule has 0 radical (unpaired) electrons. The summed E-state index contributed by atoms with van der Waals surface area (Å²) in [6, 6.07) is -0.435. The number of rotatable bonds is 12. The molecule has 4 heterocycles. The van der Waals surface area contributed by atoms with Crippen molar-refractivity contribution in [2.45, 2.75) is 72.3 Å². The maximum Gasteiger partial charge on any atom is 0.303 e. The molecule has 0 aromatic carbocycles. The number of carbonyl (C=O) groups is 4. The highest BCUT2D eigenvalue weighted by molar-refractivity contribution is 6.13. The monoisotopic (exact) mass is 598 g/mol. The second kappa shape index (κ2) is 12.7. The average molecular weight is 599 g/mol. The van der Waals surface area contributed by atoms with E-state index in [1.165, 1.54) is 0 Å². The third kappa shape index (κ3) is 6.06. The Bertz CT molecular complexity index is 1690. The van der Waals surface area contributed by atoms with E-state index in [4.69, 9.17) is 4.99 Å². The number of aromatic nitrogens is 1. The maximum absolute atomic E-state index is 12.3. The van der Waals surface area contributed by atoms with Gasteiger partial charge in [0.15, 0.2) is 0 Å². The number of nitrogens with zero attached hydrogens (tertiary/aromatic N) is 1. The number of carboxylic acid groups (broad SMARTS) is 2. The molecule has 4 rings (SSSR count). The zero-order chi connectivity index (χ0) is 32.5. The summed E-state index contributed by atoms with van der Waals surface area (Å²) in [4.78, 5) is 56.4. The van der Waals surface area contributed by atoms with Crippen molar-refractivity contribution < 1.29 is 29.4 Å². The summed E-state index contributed by atoms with van der Waals surface area (Å²) >= 11 is 0. The number of carboxylic acids is 2. The van der Waals surface area contributed by atoms with E-state index in [0.29, 0.717) is 39.4 Å². The van der Waals surface area contributed by atoms with Gasteiger partial charge in [0.05, 0.1) is 23.1 Å². The molecule has 3 aliphatic rings. The average Bonchev–Trinajstić information content (AvgIpc) is 3.63. The molecule has 0 saturated carbocycles. The first-order valence-electron chi connectivity index (χ1n) is 14.4. The third-order valence-corrected chi connectivity index (χ3v) is 8.62. The van der Waals surface area contributed by atoms with Crippen LogP contribution in [0.15, 0.2) is 81.2 Å². The van der Waals surface area contributed by atoms with Crippen molar-refractivity contribution in [1.82, 2.24) is 15.6 Å².